The number of aromatic hydroxyl groups is 1. The highest BCUT2D eigenvalue weighted by Gasteiger charge is 2.19. The van der Waals surface area contributed by atoms with Gasteiger partial charge in [-0.3, -0.25) is 9.98 Å². The largest absolute Gasteiger partial charge is 0.507 e. The summed E-state index contributed by atoms with van der Waals surface area (Å²) in [4.78, 5) is 9.38. The summed E-state index contributed by atoms with van der Waals surface area (Å²) in [6.45, 7) is 3.81. The second-order valence-corrected chi connectivity index (χ2v) is 6.98. The number of benzene rings is 3. The molecule has 0 aromatic heterocycles. The van der Waals surface area contributed by atoms with Crippen molar-refractivity contribution in [3.63, 3.8) is 0 Å². The first-order valence-electron chi connectivity index (χ1n) is 10.1. The minimum Gasteiger partial charge on any atom is -0.507 e. The van der Waals surface area contributed by atoms with Gasteiger partial charge in [-0.15, -0.1) is 0 Å². The molecular weight excluding hydrogens is 372 g/mol. The summed E-state index contributed by atoms with van der Waals surface area (Å²) in [6, 6.07) is 23.6. The number of phenols is 1. The van der Waals surface area contributed by atoms with E-state index in [9.17, 15) is 5.11 Å². The molecule has 0 heterocycles. The number of rotatable bonds is 8. The Morgan fingerprint density at radius 1 is 0.733 bits per heavy atom. The van der Waals surface area contributed by atoms with Gasteiger partial charge >= 0.3 is 0 Å². The van der Waals surface area contributed by atoms with Crippen LogP contribution in [0.3, 0.4) is 0 Å². The van der Waals surface area contributed by atoms with Gasteiger partial charge in [0.15, 0.2) is 0 Å². The molecule has 0 fully saturated rings. The van der Waals surface area contributed by atoms with Crippen molar-refractivity contribution in [3.8, 4) is 5.75 Å². The van der Waals surface area contributed by atoms with Crippen LogP contribution in [0.1, 0.15) is 27.8 Å². The number of aryl methyl sites for hydroxylation is 1. The molecule has 0 atom stereocenters. The third kappa shape index (κ3) is 5.00. The molecule has 5 N–H and O–H groups in total. The second-order valence-electron chi connectivity index (χ2n) is 6.98. The summed E-state index contributed by atoms with van der Waals surface area (Å²) in [7, 11) is 0. The SMILES string of the molecule is Cc1cc(C(=NCCN)c2ccccc2)c(O)c(C(=NCCN)c2ccccc2)c1. The Balaban J connectivity index is 2.21. The highest BCUT2D eigenvalue weighted by molar-refractivity contribution is 6.19. The topological polar surface area (TPSA) is 97.0 Å². The lowest BCUT2D eigenvalue weighted by molar-refractivity contribution is 0.473. The van der Waals surface area contributed by atoms with Crippen LogP contribution in [0.15, 0.2) is 82.8 Å². The Labute approximate surface area is 177 Å². The quantitative estimate of drug-likeness (QED) is 0.506. The molecule has 3 aromatic rings. The minimum atomic E-state index is 0.153. The number of nitrogens with two attached hydrogens (primary N) is 2. The number of hydrogen-bond donors (Lipinski definition) is 3. The molecule has 0 bridgehead atoms. The molecule has 0 unspecified atom stereocenters. The Morgan fingerprint density at radius 2 is 1.13 bits per heavy atom. The first kappa shape index (κ1) is 21.4. The molecule has 0 aliphatic carbocycles. The summed E-state index contributed by atoms with van der Waals surface area (Å²) in [5, 5.41) is 11.4. The van der Waals surface area contributed by atoms with Gasteiger partial charge in [0.25, 0.3) is 0 Å². The molecular formula is C25H28N4O. The first-order chi connectivity index (χ1) is 14.7. The van der Waals surface area contributed by atoms with Gasteiger partial charge in [0.05, 0.1) is 24.5 Å². The van der Waals surface area contributed by atoms with E-state index in [4.69, 9.17) is 21.5 Å². The number of nitrogens with zero attached hydrogens (tertiary/aromatic N) is 2. The van der Waals surface area contributed by atoms with E-state index in [0.29, 0.717) is 37.3 Å². The van der Waals surface area contributed by atoms with Gasteiger partial charge < -0.3 is 16.6 Å². The summed E-state index contributed by atoms with van der Waals surface area (Å²) >= 11 is 0. The molecule has 3 rings (SSSR count). The van der Waals surface area contributed by atoms with Crippen molar-refractivity contribution >= 4 is 11.4 Å². The third-order valence-electron chi connectivity index (χ3n) is 4.66. The molecule has 154 valence electrons. The maximum absolute atomic E-state index is 11.4. The summed E-state index contributed by atoms with van der Waals surface area (Å²) in [5.74, 6) is 0.153. The van der Waals surface area contributed by atoms with E-state index in [1.807, 2.05) is 79.7 Å². The highest BCUT2D eigenvalue weighted by Crippen LogP contribution is 2.30. The van der Waals surface area contributed by atoms with E-state index in [0.717, 1.165) is 28.1 Å². The van der Waals surface area contributed by atoms with E-state index in [1.54, 1.807) is 0 Å². The smallest absolute Gasteiger partial charge is 0.134 e. The standard InChI is InChI=1S/C25H28N4O/c1-18-16-21(23(28-14-12-26)19-8-4-2-5-9-19)25(30)22(17-18)24(29-15-13-27)20-10-6-3-7-11-20/h2-11,16-17,30H,12-15,26-27H2,1H3. The summed E-state index contributed by atoms with van der Waals surface area (Å²) in [6.07, 6.45) is 0. The first-order valence-corrected chi connectivity index (χ1v) is 10.1. The van der Waals surface area contributed by atoms with E-state index in [1.165, 1.54) is 0 Å². The minimum absolute atomic E-state index is 0.153. The lowest BCUT2D eigenvalue weighted by atomic mass is 9.92. The maximum Gasteiger partial charge on any atom is 0.134 e. The second kappa shape index (κ2) is 10.5. The van der Waals surface area contributed by atoms with Gasteiger partial charge in [-0.2, -0.15) is 0 Å². The molecule has 0 saturated carbocycles. The van der Waals surface area contributed by atoms with E-state index in [2.05, 4.69) is 0 Å². The van der Waals surface area contributed by atoms with Crippen LogP contribution in [0.4, 0.5) is 0 Å². The molecule has 0 spiro atoms. The van der Waals surface area contributed by atoms with Gasteiger partial charge in [-0.25, -0.2) is 0 Å². The zero-order valence-electron chi connectivity index (χ0n) is 17.3. The van der Waals surface area contributed by atoms with Gasteiger partial charge in [0.1, 0.15) is 5.75 Å². The van der Waals surface area contributed by atoms with Crippen LogP contribution >= 0.6 is 0 Å². The lowest BCUT2D eigenvalue weighted by Crippen LogP contribution is -2.13. The zero-order chi connectivity index (χ0) is 21.3. The van der Waals surface area contributed by atoms with E-state index in [-0.39, 0.29) is 5.75 Å². The molecule has 0 amide bonds. The Bertz CT molecular complexity index is 947. The van der Waals surface area contributed by atoms with Gasteiger partial charge in [0, 0.05) is 35.3 Å². The van der Waals surface area contributed by atoms with Crippen molar-refractivity contribution in [2.75, 3.05) is 26.2 Å². The monoisotopic (exact) mass is 400 g/mol. The van der Waals surface area contributed by atoms with Crippen LogP contribution in [0.2, 0.25) is 0 Å². The fraction of sp³-hybridized carbons (Fsp3) is 0.200. The predicted molar refractivity (Wildman–Crippen MR) is 125 cm³/mol. The number of phenolic OH excluding ortho intramolecular Hbond substituents is 1. The Kier molecular flexibility index (Phi) is 7.49. The Hall–Kier alpha value is -3.28. The van der Waals surface area contributed by atoms with Crippen LogP contribution in [-0.4, -0.2) is 42.7 Å². The van der Waals surface area contributed by atoms with E-state index < -0.39 is 0 Å². The van der Waals surface area contributed by atoms with Crippen molar-refractivity contribution in [2.45, 2.75) is 6.92 Å². The molecule has 0 saturated heterocycles. The highest BCUT2D eigenvalue weighted by atomic mass is 16.3. The van der Waals surface area contributed by atoms with Gasteiger partial charge in [0.2, 0.25) is 0 Å². The Morgan fingerprint density at radius 3 is 1.50 bits per heavy atom. The summed E-state index contributed by atoms with van der Waals surface area (Å²) < 4.78 is 0. The molecule has 5 heteroatoms. The molecule has 5 nitrogen and oxygen atoms in total. The average Bonchev–Trinajstić information content (AvgIpc) is 2.78. The van der Waals surface area contributed by atoms with Crippen LogP contribution in [0.25, 0.3) is 0 Å². The molecule has 0 aliphatic rings. The van der Waals surface area contributed by atoms with Crippen molar-refractivity contribution in [1.29, 1.82) is 0 Å². The van der Waals surface area contributed by atoms with Crippen LogP contribution in [-0.2, 0) is 0 Å². The average molecular weight is 401 g/mol. The van der Waals surface area contributed by atoms with Gasteiger partial charge in [-0.05, 0) is 24.6 Å². The van der Waals surface area contributed by atoms with Crippen molar-refractivity contribution in [2.24, 2.45) is 21.5 Å². The molecule has 3 aromatic carbocycles. The molecule has 0 aliphatic heterocycles. The zero-order valence-corrected chi connectivity index (χ0v) is 17.3. The van der Waals surface area contributed by atoms with Crippen molar-refractivity contribution in [1.82, 2.24) is 0 Å². The number of aliphatic imine (C=N–C) groups is 2. The fourth-order valence-electron chi connectivity index (χ4n) is 3.35. The van der Waals surface area contributed by atoms with Crippen LogP contribution < -0.4 is 11.5 Å². The molecule has 0 radical (unpaired) electrons. The maximum atomic E-state index is 11.4. The van der Waals surface area contributed by atoms with Crippen LogP contribution in [0, 0.1) is 6.92 Å². The van der Waals surface area contributed by atoms with Gasteiger partial charge in [-0.1, -0.05) is 60.7 Å². The third-order valence-corrected chi connectivity index (χ3v) is 4.66. The lowest BCUT2D eigenvalue weighted by Gasteiger charge is -2.16. The summed E-state index contributed by atoms with van der Waals surface area (Å²) in [5.41, 5.74) is 17.1. The van der Waals surface area contributed by atoms with Crippen LogP contribution in [0.5, 0.6) is 5.75 Å². The molecule has 30 heavy (non-hydrogen) atoms. The number of hydrogen-bond acceptors (Lipinski definition) is 5. The van der Waals surface area contributed by atoms with Crippen molar-refractivity contribution < 1.29 is 5.11 Å². The normalized spacial score (nSPS) is 12.2. The van der Waals surface area contributed by atoms with E-state index >= 15 is 0 Å². The fourth-order valence-corrected chi connectivity index (χ4v) is 3.35. The van der Waals surface area contributed by atoms with Crippen molar-refractivity contribution in [3.05, 3.63) is 101 Å². The predicted octanol–water partition coefficient (Wildman–Crippen LogP) is 3.29.